The lowest BCUT2D eigenvalue weighted by Crippen LogP contribution is -2.09. The fourth-order valence-electron chi connectivity index (χ4n) is 3.14. The molecule has 4 heterocycles. The van der Waals surface area contributed by atoms with Crippen molar-refractivity contribution >= 4 is 17.2 Å². The highest BCUT2D eigenvalue weighted by molar-refractivity contribution is 7.15. The zero-order valence-electron chi connectivity index (χ0n) is 13.7. The summed E-state index contributed by atoms with van der Waals surface area (Å²) >= 11 is 1.67. The van der Waals surface area contributed by atoms with Crippen LogP contribution in [0.3, 0.4) is 0 Å². The molecule has 3 aromatic heterocycles. The number of aromatic amines is 1. The van der Waals surface area contributed by atoms with Crippen molar-refractivity contribution in [2.75, 3.05) is 12.3 Å². The summed E-state index contributed by atoms with van der Waals surface area (Å²) in [5.41, 5.74) is 8.92. The van der Waals surface area contributed by atoms with Crippen LogP contribution in [0.2, 0.25) is 0 Å². The molecule has 126 valence electrons. The molecule has 1 atom stereocenters. The third kappa shape index (κ3) is 3.04. The molecular weight excluding hydrogens is 332 g/mol. The van der Waals surface area contributed by atoms with Gasteiger partial charge in [-0.25, -0.2) is 4.98 Å². The Bertz CT molecular complexity index is 918. The van der Waals surface area contributed by atoms with Crippen LogP contribution in [0.4, 0.5) is 5.82 Å². The zero-order chi connectivity index (χ0) is 17.2. The van der Waals surface area contributed by atoms with Crippen LogP contribution < -0.4 is 5.73 Å². The minimum Gasteiger partial charge on any atom is -0.383 e. The van der Waals surface area contributed by atoms with Gasteiger partial charge in [-0.2, -0.15) is 5.26 Å². The first-order chi connectivity index (χ1) is 12.3. The van der Waals surface area contributed by atoms with Gasteiger partial charge in [0.05, 0.1) is 17.5 Å². The number of nitrogens with one attached hydrogen (secondary N) is 1. The number of rotatable bonds is 3. The number of thiophene rings is 1. The van der Waals surface area contributed by atoms with Crippen molar-refractivity contribution in [3.63, 3.8) is 0 Å². The van der Waals surface area contributed by atoms with E-state index in [9.17, 15) is 5.26 Å². The Morgan fingerprint density at radius 3 is 2.96 bits per heavy atom. The first-order valence-corrected chi connectivity index (χ1v) is 9.14. The molecule has 4 rings (SSSR count). The van der Waals surface area contributed by atoms with Crippen LogP contribution in [0.1, 0.15) is 35.8 Å². The molecule has 3 N–H and O–H groups in total. The Morgan fingerprint density at radius 1 is 1.32 bits per heavy atom. The van der Waals surface area contributed by atoms with Crippen molar-refractivity contribution in [3.8, 4) is 27.9 Å². The number of nitriles is 1. The maximum absolute atomic E-state index is 9.54. The van der Waals surface area contributed by atoms with Gasteiger partial charge < -0.3 is 15.5 Å². The number of H-pyrrole nitrogens is 1. The first-order valence-electron chi connectivity index (χ1n) is 8.32. The lowest BCUT2D eigenvalue weighted by atomic mass is 10.1. The molecule has 3 aromatic rings. The van der Waals surface area contributed by atoms with Gasteiger partial charge in [0.1, 0.15) is 17.5 Å². The Morgan fingerprint density at radius 2 is 2.24 bits per heavy atom. The van der Waals surface area contributed by atoms with Gasteiger partial charge in [0.15, 0.2) is 0 Å². The minimum atomic E-state index is 0.167. The van der Waals surface area contributed by atoms with E-state index in [-0.39, 0.29) is 11.9 Å². The lowest BCUT2D eigenvalue weighted by molar-refractivity contribution is 0.0172. The predicted octanol–water partition coefficient (Wildman–Crippen LogP) is 4.50. The number of anilines is 1. The molecule has 1 aliphatic rings. The van der Waals surface area contributed by atoms with E-state index in [1.807, 2.05) is 30.5 Å². The Hall–Kier alpha value is -2.62. The standard InChI is InChI=1S/C19H18N4OS/c20-11-13-12(10-15(23-19(13)21)14-4-3-8-22-14)17-6-7-18(25-17)16-5-1-2-9-24-16/h3-4,6-8,10,16,22H,1-2,5,9H2,(H2,21,23). The maximum Gasteiger partial charge on any atom is 0.142 e. The van der Waals surface area contributed by atoms with E-state index in [0.29, 0.717) is 5.56 Å². The van der Waals surface area contributed by atoms with Gasteiger partial charge in [0, 0.05) is 28.1 Å². The quantitative estimate of drug-likeness (QED) is 0.728. The van der Waals surface area contributed by atoms with Crippen LogP contribution in [-0.2, 0) is 4.74 Å². The highest BCUT2D eigenvalue weighted by Gasteiger charge is 2.20. The summed E-state index contributed by atoms with van der Waals surface area (Å²) in [7, 11) is 0. The minimum absolute atomic E-state index is 0.167. The van der Waals surface area contributed by atoms with E-state index >= 15 is 0 Å². The molecule has 0 radical (unpaired) electrons. The average Bonchev–Trinajstić information content (AvgIpc) is 3.34. The maximum atomic E-state index is 9.54. The fourth-order valence-corrected chi connectivity index (χ4v) is 4.25. The second-order valence-electron chi connectivity index (χ2n) is 6.07. The largest absolute Gasteiger partial charge is 0.383 e. The molecule has 25 heavy (non-hydrogen) atoms. The van der Waals surface area contributed by atoms with E-state index in [1.165, 1.54) is 11.3 Å². The molecular formula is C19H18N4OS. The van der Waals surface area contributed by atoms with Crippen molar-refractivity contribution in [1.29, 1.82) is 5.26 Å². The summed E-state index contributed by atoms with van der Waals surface area (Å²) in [6.45, 7) is 0.820. The molecule has 1 fully saturated rings. The Balaban J connectivity index is 1.76. The van der Waals surface area contributed by atoms with Crippen molar-refractivity contribution in [2.24, 2.45) is 0 Å². The third-order valence-corrected chi connectivity index (χ3v) is 5.63. The molecule has 1 saturated heterocycles. The molecule has 0 spiro atoms. The van der Waals surface area contributed by atoms with Crippen LogP contribution in [0.15, 0.2) is 36.5 Å². The van der Waals surface area contributed by atoms with Gasteiger partial charge in [-0.3, -0.25) is 0 Å². The van der Waals surface area contributed by atoms with E-state index in [1.54, 1.807) is 11.3 Å². The van der Waals surface area contributed by atoms with E-state index < -0.39 is 0 Å². The number of ether oxygens (including phenoxy) is 1. The molecule has 0 aromatic carbocycles. The van der Waals surface area contributed by atoms with Crippen molar-refractivity contribution in [1.82, 2.24) is 9.97 Å². The number of aromatic nitrogens is 2. The van der Waals surface area contributed by atoms with Gasteiger partial charge >= 0.3 is 0 Å². The summed E-state index contributed by atoms with van der Waals surface area (Å²) in [5, 5.41) is 9.54. The zero-order valence-corrected chi connectivity index (χ0v) is 14.5. The van der Waals surface area contributed by atoms with Crippen LogP contribution in [0.25, 0.3) is 21.8 Å². The van der Waals surface area contributed by atoms with Gasteiger partial charge in [-0.1, -0.05) is 0 Å². The fraction of sp³-hybridized carbons (Fsp3) is 0.263. The summed E-state index contributed by atoms with van der Waals surface area (Å²) < 4.78 is 5.88. The summed E-state index contributed by atoms with van der Waals surface area (Å²) in [6.07, 6.45) is 5.39. The summed E-state index contributed by atoms with van der Waals surface area (Å²) in [4.78, 5) is 9.73. The van der Waals surface area contributed by atoms with E-state index in [2.05, 4.69) is 22.1 Å². The molecule has 0 aliphatic carbocycles. The SMILES string of the molecule is N#Cc1c(-c2ccc(C3CCCCO3)s2)cc(-c2ccc[nH]2)nc1N. The molecule has 0 bridgehead atoms. The van der Waals surface area contributed by atoms with Crippen molar-refractivity contribution < 1.29 is 4.74 Å². The van der Waals surface area contributed by atoms with Gasteiger partial charge in [0.25, 0.3) is 0 Å². The second kappa shape index (κ2) is 6.71. The normalized spacial score (nSPS) is 17.3. The topological polar surface area (TPSA) is 87.7 Å². The number of nitrogen functional groups attached to an aromatic ring is 1. The molecule has 5 nitrogen and oxygen atoms in total. The first kappa shape index (κ1) is 15.9. The molecule has 0 saturated carbocycles. The predicted molar refractivity (Wildman–Crippen MR) is 99.0 cm³/mol. The average molecular weight is 350 g/mol. The highest BCUT2D eigenvalue weighted by Crippen LogP contribution is 2.39. The number of pyridine rings is 1. The van der Waals surface area contributed by atoms with Crippen LogP contribution in [0.5, 0.6) is 0 Å². The molecule has 0 amide bonds. The number of nitrogens with two attached hydrogens (primary N) is 1. The Labute approximate surface area is 150 Å². The third-order valence-electron chi connectivity index (χ3n) is 4.42. The summed E-state index contributed by atoms with van der Waals surface area (Å²) in [5.74, 6) is 0.258. The summed E-state index contributed by atoms with van der Waals surface area (Å²) in [6, 6.07) is 12.1. The van der Waals surface area contributed by atoms with Crippen molar-refractivity contribution in [2.45, 2.75) is 25.4 Å². The highest BCUT2D eigenvalue weighted by atomic mass is 32.1. The lowest BCUT2D eigenvalue weighted by Gasteiger charge is -2.21. The molecule has 6 heteroatoms. The van der Waals surface area contributed by atoms with Crippen LogP contribution >= 0.6 is 11.3 Å². The molecule has 1 aliphatic heterocycles. The number of hydrogen-bond acceptors (Lipinski definition) is 5. The van der Waals surface area contributed by atoms with Crippen LogP contribution in [0, 0.1) is 11.3 Å². The molecule has 1 unspecified atom stereocenters. The van der Waals surface area contributed by atoms with Crippen molar-refractivity contribution in [3.05, 3.63) is 47.0 Å². The van der Waals surface area contributed by atoms with Gasteiger partial charge in [-0.05, 0) is 49.6 Å². The van der Waals surface area contributed by atoms with Crippen LogP contribution in [-0.4, -0.2) is 16.6 Å². The monoisotopic (exact) mass is 350 g/mol. The number of hydrogen-bond donors (Lipinski definition) is 2. The van der Waals surface area contributed by atoms with Gasteiger partial charge in [0.2, 0.25) is 0 Å². The number of nitrogens with zero attached hydrogens (tertiary/aromatic N) is 2. The van der Waals surface area contributed by atoms with Gasteiger partial charge in [-0.15, -0.1) is 11.3 Å². The Kier molecular flexibility index (Phi) is 4.26. The van der Waals surface area contributed by atoms with E-state index in [0.717, 1.165) is 41.3 Å². The smallest absolute Gasteiger partial charge is 0.142 e. The van der Waals surface area contributed by atoms with E-state index in [4.69, 9.17) is 10.5 Å². The second-order valence-corrected chi connectivity index (χ2v) is 7.18.